The Kier molecular flexibility index (Phi) is 4.21. The summed E-state index contributed by atoms with van der Waals surface area (Å²) in [4.78, 5) is 11.9. The van der Waals surface area contributed by atoms with Crippen molar-refractivity contribution >= 4 is 15.5 Å². The Labute approximate surface area is 108 Å². The predicted octanol–water partition coefficient (Wildman–Crippen LogP) is 1.27. The zero-order chi connectivity index (χ0) is 14.1. The number of sulfone groups is 1. The number of nitrogen functional groups attached to an aromatic ring is 1. The van der Waals surface area contributed by atoms with Crippen molar-refractivity contribution in [3.63, 3.8) is 0 Å². The number of rotatable bonds is 4. The van der Waals surface area contributed by atoms with Crippen LogP contribution in [0.5, 0.6) is 0 Å². The highest BCUT2D eigenvalue weighted by molar-refractivity contribution is 7.92. The Morgan fingerprint density at radius 2 is 1.83 bits per heavy atom. The molecule has 1 rings (SSSR count). The number of hydrogen-bond acceptors (Lipinski definition) is 4. The van der Waals surface area contributed by atoms with Crippen molar-refractivity contribution < 1.29 is 8.42 Å². The van der Waals surface area contributed by atoms with Gasteiger partial charge < -0.3 is 10.3 Å². The summed E-state index contributed by atoms with van der Waals surface area (Å²) in [5.74, 6) is 0.235. The van der Waals surface area contributed by atoms with Gasteiger partial charge in [-0.25, -0.2) is 8.42 Å². The van der Waals surface area contributed by atoms with Crippen LogP contribution in [0, 0.1) is 5.92 Å². The second-order valence-electron chi connectivity index (χ2n) is 5.08. The molecule has 0 spiro atoms. The third-order valence-corrected chi connectivity index (χ3v) is 4.71. The minimum Gasteiger partial charge on any atom is -0.398 e. The van der Waals surface area contributed by atoms with Gasteiger partial charge in [0.15, 0.2) is 9.84 Å². The fourth-order valence-corrected chi connectivity index (χ4v) is 2.79. The van der Waals surface area contributed by atoms with Crippen LogP contribution >= 0.6 is 0 Å². The smallest absolute Gasteiger partial charge is 0.269 e. The lowest BCUT2D eigenvalue weighted by Gasteiger charge is -2.13. The van der Waals surface area contributed by atoms with Crippen molar-refractivity contribution in [2.45, 2.75) is 44.4 Å². The number of hydrogen-bond donors (Lipinski definition) is 1. The number of anilines is 1. The van der Waals surface area contributed by atoms with Crippen LogP contribution in [0.15, 0.2) is 22.0 Å². The molecule has 1 aromatic heterocycles. The summed E-state index contributed by atoms with van der Waals surface area (Å²) < 4.78 is 25.5. The molecule has 0 saturated carbocycles. The average molecular weight is 272 g/mol. The van der Waals surface area contributed by atoms with Gasteiger partial charge in [-0.3, -0.25) is 4.79 Å². The van der Waals surface area contributed by atoms with Gasteiger partial charge in [-0.05, 0) is 25.8 Å². The Morgan fingerprint density at radius 1 is 1.28 bits per heavy atom. The first-order valence-corrected chi connectivity index (χ1v) is 7.44. The lowest BCUT2D eigenvalue weighted by atomic mass is 10.2. The van der Waals surface area contributed by atoms with E-state index in [0.29, 0.717) is 6.54 Å². The Morgan fingerprint density at radius 3 is 2.28 bits per heavy atom. The van der Waals surface area contributed by atoms with E-state index >= 15 is 0 Å². The molecule has 0 aliphatic rings. The molecule has 0 aliphatic heterocycles. The number of aromatic nitrogens is 1. The fourth-order valence-electron chi connectivity index (χ4n) is 1.62. The van der Waals surface area contributed by atoms with Crippen LogP contribution in [0.25, 0.3) is 0 Å². The van der Waals surface area contributed by atoms with E-state index in [4.69, 9.17) is 5.73 Å². The van der Waals surface area contributed by atoms with Gasteiger partial charge in [0.1, 0.15) is 4.90 Å². The molecular weight excluding hydrogens is 252 g/mol. The van der Waals surface area contributed by atoms with E-state index in [9.17, 15) is 13.2 Å². The lowest BCUT2D eigenvalue weighted by molar-refractivity contribution is 0.504. The van der Waals surface area contributed by atoms with Crippen molar-refractivity contribution in [3.8, 4) is 0 Å². The summed E-state index contributed by atoms with van der Waals surface area (Å²) >= 11 is 0. The standard InChI is InChI=1S/C12H20N2O3S/c1-8(2)6-14-7-10(13)5-11(12(14)15)18(16,17)9(3)4/h5,7-9H,6,13H2,1-4H3. The second-order valence-corrected chi connectivity index (χ2v) is 7.56. The van der Waals surface area contributed by atoms with Crippen molar-refractivity contribution in [1.82, 2.24) is 4.57 Å². The molecular formula is C12H20N2O3S. The highest BCUT2D eigenvalue weighted by Crippen LogP contribution is 2.15. The van der Waals surface area contributed by atoms with Crippen LogP contribution in [0.2, 0.25) is 0 Å². The lowest BCUT2D eigenvalue weighted by Crippen LogP contribution is -2.30. The van der Waals surface area contributed by atoms with Crippen LogP contribution in [0.4, 0.5) is 5.69 Å². The predicted molar refractivity (Wildman–Crippen MR) is 72.3 cm³/mol. The van der Waals surface area contributed by atoms with E-state index in [-0.39, 0.29) is 16.5 Å². The molecule has 0 fully saturated rings. The maximum absolute atomic E-state index is 12.1. The fraction of sp³-hybridized carbons (Fsp3) is 0.583. The molecule has 18 heavy (non-hydrogen) atoms. The maximum atomic E-state index is 12.1. The van der Waals surface area contributed by atoms with Gasteiger partial charge in [-0.1, -0.05) is 13.8 Å². The summed E-state index contributed by atoms with van der Waals surface area (Å²) in [6, 6.07) is 1.24. The minimum atomic E-state index is -3.60. The summed E-state index contributed by atoms with van der Waals surface area (Å²) in [5.41, 5.74) is 5.47. The Bertz CT molecular complexity index is 586. The largest absolute Gasteiger partial charge is 0.398 e. The third-order valence-electron chi connectivity index (χ3n) is 2.56. The molecule has 0 radical (unpaired) electrons. The average Bonchev–Trinajstić information content (AvgIpc) is 2.21. The summed E-state index contributed by atoms with van der Waals surface area (Å²) in [6.07, 6.45) is 1.49. The Balaban J connectivity index is 3.49. The van der Waals surface area contributed by atoms with Crippen molar-refractivity contribution in [1.29, 1.82) is 0 Å². The van der Waals surface area contributed by atoms with E-state index < -0.39 is 20.6 Å². The third kappa shape index (κ3) is 2.93. The van der Waals surface area contributed by atoms with Crippen molar-refractivity contribution in [3.05, 3.63) is 22.6 Å². The molecule has 0 saturated heterocycles. The normalized spacial score (nSPS) is 12.3. The first kappa shape index (κ1) is 14.8. The topological polar surface area (TPSA) is 82.2 Å². The zero-order valence-corrected chi connectivity index (χ0v) is 12.0. The molecule has 2 N–H and O–H groups in total. The molecule has 0 aromatic carbocycles. The molecule has 6 heteroatoms. The van der Waals surface area contributed by atoms with Crippen LogP contribution < -0.4 is 11.3 Å². The highest BCUT2D eigenvalue weighted by atomic mass is 32.2. The van der Waals surface area contributed by atoms with Gasteiger partial charge in [0.05, 0.1) is 5.25 Å². The number of nitrogens with zero attached hydrogens (tertiary/aromatic N) is 1. The molecule has 0 amide bonds. The van der Waals surface area contributed by atoms with Crippen molar-refractivity contribution in [2.24, 2.45) is 5.92 Å². The second kappa shape index (κ2) is 5.14. The number of nitrogens with two attached hydrogens (primary N) is 1. The van der Waals surface area contributed by atoms with Crippen LogP contribution in [-0.2, 0) is 16.4 Å². The summed E-state index contributed by atoms with van der Waals surface area (Å²) in [5, 5.41) is -0.639. The first-order valence-electron chi connectivity index (χ1n) is 5.90. The van der Waals surface area contributed by atoms with E-state index in [1.165, 1.54) is 16.8 Å². The van der Waals surface area contributed by atoms with Gasteiger partial charge >= 0.3 is 0 Å². The quantitative estimate of drug-likeness (QED) is 0.894. The minimum absolute atomic E-state index is 0.210. The molecule has 1 aromatic rings. The van der Waals surface area contributed by atoms with Gasteiger partial charge in [0.25, 0.3) is 5.56 Å². The monoisotopic (exact) mass is 272 g/mol. The summed E-state index contributed by atoms with van der Waals surface area (Å²) in [6.45, 7) is 7.44. The van der Waals surface area contributed by atoms with Crippen LogP contribution in [-0.4, -0.2) is 18.2 Å². The molecule has 0 aliphatic carbocycles. The number of pyridine rings is 1. The van der Waals surface area contributed by atoms with E-state index in [0.717, 1.165) is 0 Å². The zero-order valence-electron chi connectivity index (χ0n) is 11.2. The van der Waals surface area contributed by atoms with Gasteiger partial charge in [0, 0.05) is 18.4 Å². The van der Waals surface area contributed by atoms with E-state index in [1.54, 1.807) is 13.8 Å². The van der Waals surface area contributed by atoms with Gasteiger partial charge in [-0.15, -0.1) is 0 Å². The SMILES string of the molecule is CC(C)Cn1cc(N)cc(S(=O)(=O)C(C)C)c1=O. The molecule has 5 nitrogen and oxygen atoms in total. The maximum Gasteiger partial charge on any atom is 0.269 e. The molecule has 0 unspecified atom stereocenters. The first-order chi connectivity index (χ1) is 8.16. The van der Waals surface area contributed by atoms with E-state index in [2.05, 4.69) is 0 Å². The molecule has 1 heterocycles. The Hall–Kier alpha value is -1.30. The van der Waals surface area contributed by atoms with Gasteiger partial charge in [0.2, 0.25) is 0 Å². The van der Waals surface area contributed by atoms with Gasteiger partial charge in [-0.2, -0.15) is 0 Å². The summed E-state index contributed by atoms with van der Waals surface area (Å²) in [7, 11) is -3.60. The molecule has 0 bridgehead atoms. The highest BCUT2D eigenvalue weighted by Gasteiger charge is 2.24. The van der Waals surface area contributed by atoms with Crippen LogP contribution in [0.3, 0.4) is 0 Å². The molecule has 102 valence electrons. The van der Waals surface area contributed by atoms with E-state index in [1.807, 2.05) is 13.8 Å². The van der Waals surface area contributed by atoms with Crippen LogP contribution in [0.1, 0.15) is 27.7 Å². The van der Waals surface area contributed by atoms with Crippen molar-refractivity contribution in [2.75, 3.05) is 5.73 Å². The molecule has 0 atom stereocenters.